The van der Waals surface area contributed by atoms with Crippen molar-refractivity contribution in [2.75, 3.05) is 13.7 Å². The number of rotatable bonds is 5. The van der Waals surface area contributed by atoms with Gasteiger partial charge in [-0.15, -0.1) is 0 Å². The molecule has 0 heterocycles. The fraction of sp³-hybridized carbons (Fsp3) is 0.455. The zero-order chi connectivity index (χ0) is 12.2. The van der Waals surface area contributed by atoms with Crippen LogP contribution in [0.15, 0.2) is 30.3 Å². The number of nitrogens with zero attached hydrogens (tertiary/aromatic N) is 1. The Balaban J connectivity index is 2.77. The van der Waals surface area contributed by atoms with Crippen LogP contribution < -0.4 is 0 Å². The molecule has 0 saturated carbocycles. The van der Waals surface area contributed by atoms with Gasteiger partial charge in [0.05, 0.1) is 11.9 Å². The van der Waals surface area contributed by atoms with Gasteiger partial charge in [0.2, 0.25) is 10.0 Å². The summed E-state index contributed by atoms with van der Waals surface area (Å²) in [5.74, 6) is 0. The van der Waals surface area contributed by atoms with E-state index >= 15 is 0 Å². The van der Waals surface area contributed by atoms with Crippen LogP contribution >= 0.6 is 0 Å². The summed E-state index contributed by atoms with van der Waals surface area (Å²) in [6, 6.07) is 9.36. The molecule has 1 N–H and O–H groups in total. The summed E-state index contributed by atoms with van der Waals surface area (Å²) < 4.78 is 24.9. The average molecular weight is 243 g/mol. The van der Waals surface area contributed by atoms with Gasteiger partial charge in [-0.3, -0.25) is 0 Å². The first kappa shape index (κ1) is 13.2. The third-order valence-electron chi connectivity index (χ3n) is 2.45. The maximum absolute atomic E-state index is 11.8. The molecule has 4 nitrogen and oxygen atoms in total. The minimum Gasteiger partial charge on any atom is -0.395 e. The molecule has 1 aromatic rings. The van der Waals surface area contributed by atoms with Crippen LogP contribution in [0.25, 0.3) is 0 Å². The van der Waals surface area contributed by atoms with E-state index in [1.165, 1.54) is 18.3 Å². The van der Waals surface area contributed by atoms with E-state index in [1.807, 2.05) is 30.3 Å². The molecule has 0 radical (unpaired) electrons. The molecule has 5 heteroatoms. The molecule has 0 aliphatic rings. The fourth-order valence-electron chi connectivity index (χ4n) is 1.33. The molecule has 1 rings (SSSR count). The number of hydrogen-bond acceptors (Lipinski definition) is 3. The van der Waals surface area contributed by atoms with E-state index in [2.05, 4.69) is 0 Å². The lowest BCUT2D eigenvalue weighted by Crippen LogP contribution is -2.35. The number of benzene rings is 1. The van der Waals surface area contributed by atoms with Crippen LogP contribution in [-0.2, 0) is 16.6 Å². The van der Waals surface area contributed by atoms with Crippen molar-refractivity contribution in [1.82, 2.24) is 4.31 Å². The Bertz CT molecular complexity index is 416. The van der Waals surface area contributed by atoms with Gasteiger partial charge in [0.15, 0.2) is 0 Å². The van der Waals surface area contributed by atoms with Gasteiger partial charge in [-0.05, 0) is 12.5 Å². The highest BCUT2D eigenvalue weighted by atomic mass is 32.2. The summed E-state index contributed by atoms with van der Waals surface area (Å²) in [5, 5.41) is 8.12. The normalized spacial score (nSPS) is 14.0. The maximum Gasteiger partial charge on any atom is 0.219 e. The standard InChI is InChI=1S/C11H17NO3S/c1-10(9-13)16(14,15)12(2)8-11-6-4-3-5-7-11/h3-7,10,13H,8-9H2,1-2H3. The number of aliphatic hydroxyl groups is 1. The minimum atomic E-state index is -3.40. The smallest absolute Gasteiger partial charge is 0.219 e. The van der Waals surface area contributed by atoms with Gasteiger partial charge in [0.1, 0.15) is 0 Å². The predicted molar refractivity (Wildman–Crippen MR) is 63.4 cm³/mol. The van der Waals surface area contributed by atoms with E-state index in [0.29, 0.717) is 6.54 Å². The lowest BCUT2D eigenvalue weighted by molar-refractivity contribution is 0.290. The highest BCUT2D eigenvalue weighted by Gasteiger charge is 2.24. The molecule has 0 saturated heterocycles. The Morgan fingerprint density at radius 2 is 1.88 bits per heavy atom. The van der Waals surface area contributed by atoms with Crippen LogP contribution in [0, 0.1) is 0 Å². The van der Waals surface area contributed by atoms with Crippen LogP contribution in [0.3, 0.4) is 0 Å². The minimum absolute atomic E-state index is 0.327. The van der Waals surface area contributed by atoms with E-state index in [-0.39, 0.29) is 6.61 Å². The van der Waals surface area contributed by atoms with E-state index in [1.54, 1.807) is 0 Å². The van der Waals surface area contributed by atoms with Crippen molar-refractivity contribution in [2.45, 2.75) is 18.7 Å². The van der Waals surface area contributed by atoms with Gasteiger partial charge in [0, 0.05) is 13.6 Å². The second-order valence-electron chi connectivity index (χ2n) is 3.78. The van der Waals surface area contributed by atoms with Gasteiger partial charge in [-0.1, -0.05) is 30.3 Å². The van der Waals surface area contributed by atoms with E-state index < -0.39 is 15.3 Å². The topological polar surface area (TPSA) is 57.6 Å². The Kier molecular flexibility index (Phi) is 4.46. The SMILES string of the molecule is CC(CO)S(=O)(=O)N(C)Cc1ccccc1. The number of aliphatic hydroxyl groups excluding tert-OH is 1. The molecule has 90 valence electrons. The van der Waals surface area contributed by atoms with Gasteiger partial charge in [-0.25, -0.2) is 12.7 Å². The quantitative estimate of drug-likeness (QED) is 0.833. The van der Waals surface area contributed by atoms with E-state index in [0.717, 1.165) is 5.56 Å². The Morgan fingerprint density at radius 1 is 1.31 bits per heavy atom. The second kappa shape index (κ2) is 5.43. The number of sulfonamides is 1. The lowest BCUT2D eigenvalue weighted by Gasteiger charge is -2.20. The summed E-state index contributed by atoms with van der Waals surface area (Å²) >= 11 is 0. The molecule has 0 bridgehead atoms. The molecule has 0 fully saturated rings. The van der Waals surface area contributed by atoms with Crippen molar-refractivity contribution >= 4 is 10.0 Å². The molecule has 0 spiro atoms. The molecule has 0 amide bonds. The largest absolute Gasteiger partial charge is 0.395 e. The molecule has 0 aromatic heterocycles. The van der Waals surface area contributed by atoms with Gasteiger partial charge in [0.25, 0.3) is 0 Å². The highest BCUT2D eigenvalue weighted by molar-refractivity contribution is 7.89. The fourth-order valence-corrected chi connectivity index (χ4v) is 2.46. The van der Waals surface area contributed by atoms with E-state index in [4.69, 9.17) is 5.11 Å². The Hall–Kier alpha value is -0.910. The Morgan fingerprint density at radius 3 is 2.38 bits per heavy atom. The van der Waals surface area contributed by atoms with Crippen LogP contribution in [0.4, 0.5) is 0 Å². The summed E-state index contributed by atoms with van der Waals surface area (Å²) in [5.41, 5.74) is 0.929. The molecule has 0 aliphatic heterocycles. The van der Waals surface area contributed by atoms with Crippen LogP contribution in [0.2, 0.25) is 0 Å². The van der Waals surface area contributed by atoms with Crippen LogP contribution in [-0.4, -0.2) is 36.7 Å². The second-order valence-corrected chi connectivity index (χ2v) is 6.24. The van der Waals surface area contributed by atoms with Crippen LogP contribution in [0.1, 0.15) is 12.5 Å². The third kappa shape index (κ3) is 3.04. The average Bonchev–Trinajstić information content (AvgIpc) is 2.29. The van der Waals surface area contributed by atoms with Crippen molar-refractivity contribution in [3.63, 3.8) is 0 Å². The lowest BCUT2D eigenvalue weighted by atomic mass is 10.2. The first-order valence-corrected chi connectivity index (χ1v) is 6.58. The van der Waals surface area contributed by atoms with Crippen LogP contribution in [0.5, 0.6) is 0 Å². The van der Waals surface area contributed by atoms with Crippen molar-refractivity contribution in [3.8, 4) is 0 Å². The molecule has 1 aromatic carbocycles. The molecule has 1 unspecified atom stereocenters. The number of hydrogen-bond donors (Lipinski definition) is 1. The van der Waals surface area contributed by atoms with Crippen molar-refractivity contribution < 1.29 is 13.5 Å². The summed E-state index contributed by atoms with van der Waals surface area (Å²) in [6.45, 7) is 1.46. The summed E-state index contributed by atoms with van der Waals surface area (Å²) in [4.78, 5) is 0. The first-order valence-electron chi connectivity index (χ1n) is 5.08. The molecule has 16 heavy (non-hydrogen) atoms. The zero-order valence-electron chi connectivity index (χ0n) is 9.50. The maximum atomic E-state index is 11.8. The first-order chi connectivity index (χ1) is 7.48. The van der Waals surface area contributed by atoms with Crippen molar-refractivity contribution in [3.05, 3.63) is 35.9 Å². The van der Waals surface area contributed by atoms with Crippen molar-refractivity contribution in [1.29, 1.82) is 0 Å². The monoisotopic (exact) mass is 243 g/mol. The molecule has 0 aliphatic carbocycles. The van der Waals surface area contributed by atoms with Crippen molar-refractivity contribution in [2.24, 2.45) is 0 Å². The van der Waals surface area contributed by atoms with Gasteiger partial charge in [-0.2, -0.15) is 0 Å². The predicted octanol–water partition coefficient (Wildman–Crippen LogP) is 0.829. The third-order valence-corrected chi connectivity index (χ3v) is 4.61. The molecule has 1 atom stereocenters. The highest BCUT2D eigenvalue weighted by Crippen LogP contribution is 2.11. The van der Waals surface area contributed by atoms with Gasteiger partial charge < -0.3 is 5.11 Å². The Labute approximate surface area is 96.6 Å². The molecular weight excluding hydrogens is 226 g/mol. The molecular formula is C11H17NO3S. The van der Waals surface area contributed by atoms with E-state index in [9.17, 15) is 8.42 Å². The zero-order valence-corrected chi connectivity index (χ0v) is 10.3. The summed E-state index contributed by atoms with van der Waals surface area (Å²) in [7, 11) is -1.88. The van der Waals surface area contributed by atoms with Gasteiger partial charge >= 0.3 is 0 Å². The summed E-state index contributed by atoms with van der Waals surface area (Å²) in [6.07, 6.45) is 0.